The lowest BCUT2D eigenvalue weighted by atomic mass is 9.99. The number of sulfonamides is 1. The molecule has 32 heavy (non-hydrogen) atoms. The molecule has 0 bridgehead atoms. The Morgan fingerprint density at radius 1 is 0.969 bits per heavy atom. The summed E-state index contributed by atoms with van der Waals surface area (Å²) in [7, 11) is -3.46. The first-order chi connectivity index (χ1) is 15.3. The van der Waals surface area contributed by atoms with Crippen molar-refractivity contribution in [1.82, 2.24) is 5.32 Å². The average molecular weight is 451 g/mol. The molecule has 0 unspecified atom stereocenters. The van der Waals surface area contributed by atoms with Crippen molar-refractivity contribution in [2.24, 2.45) is 0 Å². The molecule has 3 aromatic carbocycles. The molecule has 2 N–H and O–H groups in total. The van der Waals surface area contributed by atoms with Gasteiger partial charge in [-0.2, -0.15) is 0 Å². The first-order valence-corrected chi connectivity index (χ1v) is 12.8. The van der Waals surface area contributed by atoms with E-state index in [1.807, 2.05) is 38.1 Å². The maximum atomic E-state index is 13.1. The van der Waals surface area contributed by atoms with Gasteiger partial charge in [-0.3, -0.25) is 9.52 Å². The minimum Gasteiger partial charge on any atom is -0.345 e. The van der Waals surface area contributed by atoms with E-state index in [-0.39, 0.29) is 17.2 Å². The van der Waals surface area contributed by atoms with Crippen LogP contribution in [0.3, 0.4) is 0 Å². The molecule has 1 aliphatic rings. The highest BCUT2D eigenvalue weighted by Crippen LogP contribution is 2.27. The van der Waals surface area contributed by atoms with Gasteiger partial charge in [-0.15, -0.1) is 0 Å². The van der Waals surface area contributed by atoms with Crippen molar-refractivity contribution in [2.75, 3.05) is 4.72 Å². The van der Waals surface area contributed by atoms with Gasteiger partial charge in [0.1, 0.15) is 0 Å². The van der Waals surface area contributed by atoms with Gasteiger partial charge in [0.25, 0.3) is 5.91 Å². The Balaban J connectivity index is 1.53. The van der Waals surface area contributed by atoms with Crippen LogP contribution in [0.4, 0.5) is 5.69 Å². The van der Waals surface area contributed by atoms with Gasteiger partial charge in [0.15, 0.2) is 0 Å². The second-order valence-electron chi connectivity index (χ2n) is 8.70. The molecule has 1 saturated carbocycles. The molecule has 4 rings (SSSR count). The Morgan fingerprint density at radius 2 is 1.69 bits per heavy atom. The fraction of sp³-hybridized carbons (Fsp3) is 0.346. The number of fused-ring (bicyclic) bond motifs is 1. The highest BCUT2D eigenvalue weighted by Gasteiger charge is 2.27. The summed E-state index contributed by atoms with van der Waals surface area (Å²) in [6.07, 6.45) is 4.36. The second kappa shape index (κ2) is 9.33. The molecule has 0 aliphatic heterocycles. The summed E-state index contributed by atoms with van der Waals surface area (Å²) in [5.74, 6) is -0.221. The SMILES string of the molecule is Cc1ccc(NS(=O)(=O)C2CCCCC2)cc1C(=O)N[C@H](C)c1cccc2ccccc12. The number of amides is 1. The number of carbonyl (C=O) groups excluding carboxylic acids is 1. The smallest absolute Gasteiger partial charge is 0.252 e. The molecule has 0 saturated heterocycles. The van der Waals surface area contributed by atoms with Crippen molar-refractivity contribution >= 4 is 32.4 Å². The fourth-order valence-corrected chi connectivity index (χ4v) is 6.11. The molecule has 1 fully saturated rings. The molecule has 1 atom stereocenters. The van der Waals surface area contributed by atoms with Gasteiger partial charge in [0.05, 0.1) is 11.3 Å². The summed E-state index contributed by atoms with van der Waals surface area (Å²) in [5.41, 5.74) is 2.75. The van der Waals surface area contributed by atoms with E-state index < -0.39 is 10.0 Å². The van der Waals surface area contributed by atoms with Crippen molar-refractivity contribution in [1.29, 1.82) is 0 Å². The van der Waals surface area contributed by atoms with Crippen LogP contribution in [0, 0.1) is 6.92 Å². The summed E-state index contributed by atoms with van der Waals surface area (Å²) >= 11 is 0. The zero-order chi connectivity index (χ0) is 22.7. The summed E-state index contributed by atoms with van der Waals surface area (Å²) in [5, 5.41) is 4.95. The molecule has 0 spiro atoms. The van der Waals surface area contributed by atoms with Crippen LogP contribution in [0.5, 0.6) is 0 Å². The number of anilines is 1. The van der Waals surface area contributed by atoms with E-state index in [0.717, 1.165) is 41.2 Å². The van der Waals surface area contributed by atoms with Crippen LogP contribution in [0.15, 0.2) is 60.7 Å². The van der Waals surface area contributed by atoms with Crippen molar-refractivity contribution in [3.8, 4) is 0 Å². The van der Waals surface area contributed by atoms with Crippen LogP contribution in [-0.2, 0) is 10.0 Å². The minimum absolute atomic E-state index is 0.199. The Morgan fingerprint density at radius 3 is 2.47 bits per heavy atom. The second-order valence-corrected chi connectivity index (χ2v) is 10.7. The number of hydrogen-bond acceptors (Lipinski definition) is 3. The average Bonchev–Trinajstić information content (AvgIpc) is 2.80. The van der Waals surface area contributed by atoms with E-state index in [0.29, 0.717) is 24.1 Å². The third kappa shape index (κ3) is 4.80. The van der Waals surface area contributed by atoms with Gasteiger partial charge in [0, 0.05) is 11.3 Å². The van der Waals surface area contributed by atoms with E-state index in [4.69, 9.17) is 0 Å². The van der Waals surface area contributed by atoms with Gasteiger partial charge in [-0.25, -0.2) is 8.42 Å². The van der Waals surface area contributed by atoms with Crippen molar-refractivity contribution in [3.63, 3.8) is 0 Å². The van der Waals surface area contributed by atoms with E-state index in [9.17, 15) is 13.2 Å². The number of nitrogens with one attached hydrogen (secondary N) is 2. The van der Waals surface area contributed by atoms with Crippen molar-refractivity contribution in [2.45, 2.75) is 57.2 Å². The summed E-state index contributed by atoms with van der Waals surface area (Å²) in [6, 6.07) is 19.1. The predicted octanol–water partition coefficient (Wildman–Crippen LogP) is 5.71. The monoisotopic (exact) mass is 450 g/mol. The molecular weight excluding hydrogens is 420 g/mol. The standard InChI is InChI=1S/C26H30N2O3S/c1-18-15-16-21(28-32(30,31)22-11-4-3-5-12-22)17-25(18)26(29)27-19(2)23-14-8-10-20-9-6-7-13-24(20)23/h6-10,13-17,19,22,28H,3-5,11-12H2,1-2H3,(H,27,29)/t19-/m1/s1. The lowest BCUT2D eigenvalue weighted by Crippen LogP contribution is -2.30. The van der Waals surface area contributed by atoms with Gasteiger partial charge in [-0.05, 0) is 60.7 Å². The molecule has 5 nitrogen and oxygen atoms in total. The van der Waals surface area contributed by atoms with Crippen molar-refractivity contribution < 1.29 is 13.2 Å². The maximum Gasteiger partial charge on any atom is 0.252 e. The summed E-state index contributed by atoms with van der Waals surface area (Å²) in [4.78, 5) is 13.1. The summed E-state index contributed by atoms with van der Waals surface area (Å²) in [6.45, 7) is 3.82. The van der Waals surface area contributed by atoms with Crippen LogP contribution in [0.1, 0.15) is 66.6 Å². The van der Waals surface area contributed by atoms with E-state index >= 15 is 0 Å². The Bertz CT molecular complexity index is 1230. The van der Waals surface area contributed by atoms with Gasteiger partial charge >= 0.3 is 0 Å². The number of carbonyl (C=O) groups is 1. The normalized spacial score (nSPS) is 15.9. The molecule has 0 radical (unpaired) electrons. The van der Waals surface area contributed by atoms with Gasteiger partial charge in [-0.1, -0.05) is 67.8 Å². The molecule has 0 aromatic heterocycles. The Hall–Kier alpha value is -2.86. The van der Waals surface area contributed by atoms with Crippen LogP contribution in [-0.4, -0.2) is 19.6 Å². The van der Waals surface area contributed by atoms with Crippen LogP contribution in [0.2, 0.25) is 0 Å². The molecule has 0 heterocycles. The molecule has 1 aliphatic carbocycles. The first kappa shape index (κ1) is 22.3. The Kier molecular flexibility index (Phi) is 6.51. The van der Waals surface area contributed by atoms with E-state index in [1.165, 1.54) is 0 Å². The number of aryl methyl sites for hydroxylation is 1. The summed E-state index contributed by atoms with van der Waals surface area (Å²) < 4.78 is 28.3. The zero-order valence-corrected chi connectivity index (χ0v) is 19.4. The van der Waals surface area contributed by atoms with E-state index in [1.54, 1.807) is 18.2 Å². The zero-order valence-electron chi connectivity index (χ0n) is 18.6. The Labute approximate surface area is 190 Å². The largest absolute Gasteiger partial charge is 0.345 e. The molecule has 6 heteroatoms. The van der Waals surface area contributed by atoms with Gasteiger partial charge in [0.2, 0.25) is 10.0 Å². The van der Waals surface area contributed by atoms with Crippen LogP contribution >= 0.6 is 0 Å². The topological polar surface area (TPSA) is 75.3 Å². The molecule has 168 valence electrons. The third-order valence-corrected chi connectivity index (χ3v) is 8.24. The predicted molar refractivity (Wildman–Crippen MR) is 130 cm³/mol. The van der Waals surface area contributed by atoms with Crippen LogP contribution in [0.25, 0.3) is 10.8 Å². The number of hydrogen-bond donors (Lipinski definition) is 2. The lowest BCUT2D eigenvalue weighted by Gasteiger charge is -2.23. The minimum atomic E-state index is -3.46. The van der Waals surface area contributed by atoms with E-state index in [2.05, 4.69) is 28.2 Å². The van der Waals surface area contributed by atoms with Crippen LogP contribution < -0.4 is 10.0 Å². The number of benzene rings is 3. The highest BCUT2D eigenvalue weighted by atomic mass is 32.2. The first-order valence-electron chi connectivity index (χ1n) is 11.3. The molecular formula is C26H30N2O3S. The fourth-order valence-electron chi connectivity index (χ4n) is 4.53. The quantitative estimate of drug-likeness (QED) is 0.505. The number of rotatable bonds is 6. The van der Waals surface area contributed by atoms with Gasteiger partial charge < -0.3 is 5.32 Å². The van der Waals surface area contributed by atoms with Crippen molar-refractivity contribution in [3.05, 3.63) is 77.4 Å². The lowest BCUT2D eigenvalue weighted by molar-refractivity contribution is 0.0939. The third-order valence-electron chi connectivity index (χ3n) is 6.37. The molecule has 1 amide bonds. The maximum absolute atomic E-state index is 13.1. The molecule has 3 aromatic rings. The highest BCUT2D eigenvalue weighted by molar-refractivity contribution is 7.93.